The number of alkyl halides is 2. The van der Waals surface area contributed by atoms with Crippen molar-refractivity contribution in [2.75, 3.05) is 6.54 Å². The molecule has 2 aliphatic rings. The SMILES string of the molecule is CC(F)(F)CC[C@H](NC(=O)C1CCC(C)(C)CN1C(=O)[C@@H](NC(=O)O)C(C)(C)C)C(=O)C(=O)NC1CC1. The number of hydrogen-bond acceptors (Lipinski definition) is 5. The van der Waals surface area contributed by atoms with E-state index in [9.17, 15) is 37.9 Å². The van der Waals surface area contributed by atoms with Crippen LogP contribution in [-0.2, 0) is 19.2 Å². The summed E-state index contributed by atoms with van der Waals surface area (Å²) in [7, 11) is 0. The normalized spacial score (nSPS) is 21.4. The van der Waals surface area contributed by atoms with Crippen LogP contribution in [0.2, 0.25) is 0 Å². The smallest absolute Gasteiger partial charge is 0.405 e. The third-order valence-electron chi connectivity index (χ3n) is 6.68. The molecule has 0 aromatic heterocycles. The van der Waals surface area contributed by atoms with E-state index >= 15 is 0 Å². The molecule has 2 fully saturated rings. The maximum atomic E-state index is 13.6. The number of ketones is 1. The number of piperidine rings is 1. The van der Waals surface area contributed by atoms with E-state index in [-0.39, 0.29) is 24.4 Å². The molecule has 210 valence electrons. The summed E-state index contributed by atoms with van der Waals surface area (Å²) in [5, 5.41) is 16.5. The van der Waals surface area contributed by atoms with Crippen LogP contribution in [0.1, 0.15) is 80.1 Å². The van der Waals surface area contributed by atoms with Gasteiger partial charge in [0.2, 0.25) is 23.5 Å². The van der Waals surface area contributed by atoms with Crippen molar-refractivity contribution in [2.24, 2.45) is 10.8 Å². The summed E-state index contributed by atoms with van der Waals surface area (Å²) in [6.07, 6.45) is -0.366. The Labute approximate surface area is 216 Å². The van der Waals surface area contributed by atoms with Gasteiger partial charge in [0.15, 0.2) is 0 Å². The molecule has 0 spiro atoms. The van der Waals surface area contributed by atoms with E-state index in [1.165, 1.54) is 4.90 Å². The van der Waals surface area contributed by atoms with Gasteiger partial charge < -0.3 is 26.0 Å². The first-order valence-corrected chi connectivity index (χ1v) is 12.6. The number of halogens is 2. The van der Waals surface area contributed by atoms with Crippen LogP contribution >= 0.6 is 0 Å². The number of carboxylic acid groups (broad SMARTS) is 1. The molecule has 1 aliphatic carbocycles. The van der Waals surface area contributed by atoms with Crippen molar-refractivity contribution in [3.8, 4) is 0 Å². The van der Waals surface area contributed by atoms with Crippen LogP contribution in [-0.4, -0.2) is 76.2 Å². The van der Waals surface area contributed by atoms with Gasteiger partial charge in [-0.05, 0) is 49.9 Å². The second-order valence-corrected chi connectivity index (χ2v) is 12.2. The highest BCUT2D eigenvalue weighted by molar-refractivity contribution is 6.38. The van der Waals surface area contributed by atoms with Gasteiger partial charge in [-0.15, -0.1) is 0 Å². The summed E-state index contributed by atoms with van der Waals surface area (Å²) in [5.41, 5.74) is -1.19. The maximum Gasteiger partial charge on any atom is 0.405 e. The molecule has 1 heterocycles. The minimum atomic E-state index is -3.12. The summed E-state index contributed by atoms with van der Waals surface area (Å²) >= 11 is 0. The Balaban J connectivity index is 2.30. The van der Waals surface area contributed by atoms with Crippen LogP contribution in [0.5, 0.6) is 0 Å². The van der Waals surface area contributed by atoms with Gasteiger partial charge in [0.05, 0.1) is 6.04 Å². The Bertz CT molecular complexity index is 908. The van der Waals surface area contributed by atoms with Crippen molar-refractivity contribution in [1.29, 1.82) is 0 Å². The number of rotatable bonds is 10. The molecule has 0 radical (unpaired) electrons. The number of amides is 4. The quantitative estimate of drug-likeness (QED) is 0.319. The highest BCUT2D eigenvalue weighted by Crippen LogP contribution is 2.34. The highest BCUT2D eigenvalue weighted by atomic mass is 19.3. The van der Waals surface area contributed by atoms with Crippen LogP contribution in [0.4, 0.5) is 13.6 Å². The third kappa shape index (κ3) is 9.23. The fourth-order valence-corrected chi connectivity index (χ4v) is 4.35. The molecule has 1 saturated heterocycles. The lowest BCUT2D eigenvalue weighted by atomic mass is 9.79. The molecule has 4 amide bonds. The van der Waals surface area contributed by atoms with Gasteiger partial charge in [0.25, 0.3) is 5.91 Å². The predicted octanol–water partition coefficient (Wildman–Crippen LogP) is 2.45. The van der Waals surface area contributed by atoms with Crippen molar-refractivity contribution in [1.82, 2.24) is 20.9 Å². The Morgan fingerprint density at radius 3 is 2.11 bits per heavy atom. The van der Waals surface area contributed by atoms with Crippen LogP contribution in [0.25, 0.3) is 0 Å². The molecule has 2 rings (SSSR count). The topological polar surface area (TPSA) is 145 Å². The zero-order chi connectivity index (χ0) is 28.3. The summed E-state index contributed by atoms with van der Waals surface area (Å²) in [5.74, 6) is -6.42. The molecule has 1 saturated carbocycles. The largest absolute Gasteiger partial charge is 0.465 e. The zero-order valence-electron chi connectivity index (χ0n) is 22.5. The molecule has 1 unspecified atom stereocenters. The van der Waals surface area contributed by atoms with E-state index in [0.29, 0.717) is 13.3 Å². The molecule has 0 aromatic carbocycles. The van der Waals surface area contributed by atoms with E-state index in [0.717, 1.165) is 12.8 Å². The maximum absolute atomic E-state index is 13.6. The van der Waals surface area contributed by atoms with Crippen LogP contribution in [0, 0.1) is 10.8 Å². The lowest BCUT2D eigenvalue weighted by Crippen LogP contribution is -2.63. The fraction of sp³-hybridized carbons (Fsp3) is 0.800. The van der Waals surface area contributed by atoms with Crippen LogP contribution in [0.15, 0.2) is 0 Å². The first kappa shape index (κ1) is 30.4. The highest BCUT2D eigenvalue weighted by Gasteiger charge is 2.45. The van der Waals surface area contributed by atoms with Gasteiger partial charge >= 0.3 is 6.09 Å². The molecule has 12 heteroatoms. The Kier molecular flexibility index (Phi) is 9.30. The van der Waals surface area contributed by atoms with Crippen molar-refractivity contribution < 1.29 is 37.9 Å². The van der Waals surface area contributed by atoms with E-state index < -0.39 is 71.9 Å². The summed E-state index contributed by atoms with van der Waals surface area (Å²) in [6, 6.07) is -3.84. The Morgan fingerprint density at radius 1 is 1.03 bits per heavy atom. The van der Waals surface area contributed by atoms with Gasteiger partial charge in [0, 0.05) is 19.0 Å². The van der Waals surface area contributed by atoms with E-state index in [2.05, 4.69) is 16.0 Å². The molecule has 0 bridgehead atoms. The fourth-order valence-electron chi connectivity index (χ4n) is 4.35. The third-order valence-corrected chi connectivity index (χ3v) is 6.68. The zero-order valence-corrected chi connectivity index (χ0v) is 22.5. The predicted molar refractivity (Wildman–Crippen MR) is 131 cm³/mol. The summed E-state index contributed by atoms with van der Waals surface area (Å²) in [6.45, 7) is 9.72. The number of nitrogens with zero attached hydrogens (tertiary/aromatic N) is 1. The molecule has 37 heavy (non-hydrogen) atoms. The number of nitrogens with one attached hydrogen (secondary N) is 3. The average Bonchev–Trinajstić information content (AvgIpc) is 3.55. The first-order valence-electron chi connectivity index (χ1n) is 12.6. The number of carbonyl (C=O) groups excluding carboxylic acids is 4. The molecular formula is C25H40F2N4O6. The van der Waals surface area contributed by atoms with Crippen molar-refractivity contribution >= 4 is 29.6 Å². The van der Waals surface area contributed by atoms with Gasteiger partial charge in [-0.1, -0.05) is 34.6 Å². The van der Waals surface area contributed by atoms with Gasteiger partial charge in [0.1, 0.15) is 12.1 Å². The molecule has 3 atom stereocenters. The molecule has 10 nitrogen and oxygen atoms in total. The first-order chi connectivity index (χ1) is 16.8. The van der Waals surface area contributed by atoms with E-state index in [4.69, 9.17) is 0 Å². The molecule has 1 aliphatic heterocycles. The number of hydrogen-bond donors (Lipinski definition) is 4. The van der Waals surface area contributed by atoms with Crippen molar-refractivity contribution in [3.05, 3.63) is 0 Å². The summed E-state index contributed by atoms with van der Waals surface area (Å²) in [4.78, 5) is 64.8. The van der Waals surface area contributed by atoms with E-state index in [1.54, 1.807) is 20.8 Å². The molecular weight excluding hydrogens is 490 g/mol. The molecule has 4 N–H and O–H groups in total. The monoisotopic (exact) mass is 530 g/mol. The van der Waals surface area contributed by atoms with E-state index in [1.807, 2.05) is 13.8 Å². The second kappa shape index (κ2) is 11.3. The minimum absolute atomic E-state index is 0.134. The number of likely N-dealkylation sites (tertiary alicyclic amines) is 1. The standard InChI is InChI=1S/C25H40F2N4O6/c1-23(2,3)18(30-22(36)37)21(35)31-13-24(4,5)11-10-16(31)19(33)29-15(9-12-25(6,26)27)17(32)20(34)28-14-7-8-14/h14-16,18,30H,7-13H2,1-6H3,(H,28,34)(H,29,33)(H,36,37)/t15-,16?,18+/m0/s1. The average molecular weight is 531 g/mol. The van der Waals surface area contributed by atoms with Gasteiger partial charge in [-0.2, -0.15) is 0 Å². The van der Waals surface area contributed by atoms with Gasteiger partial charge in [-0.3, -0.25) is 19.2 Å². The minimum Gasteiger partial charge on any atom is -0.465 e. The lowest BCUT2D eigenvalue weighted by molar-refractivity contribution is -0.150. The second-order valence-electron chi connectivity index (χ2n) is 12.2. The van der Waals surface area contributed by atoms with Crippen molar-refractivity contribution in [3.63, 3.8) is 0 Å². The Morgan fingerprint density at radius 2 is 1.62 bits per heavy atom. The number of Topliss-reactive ketones (excluding diaryl/α,β-unsaturated/α-hetero) is 1. The summed E-state index contributed by atoms with van der Waals surface area (Å²) < 4.78 is 27.2. The van der Waals surface area contributed by atoms with Crippen molar-refractivity contribution in [2.45, 2.75) is 110 Å². The van der Waals surface area contributed by atoms with Gasteiger partial charge in [-0.25, -0.2) is 13.6 Å². The Hall–Kier alpha value is -2.79. The van der Waals surface area contributed by atoms with Crippen LogP contribution < -0.4 is 16.0 Å². The van der Waals surface area contributed by atoms with Crippen LogP contribution in [0.3, 0.4) is 0 Å². The molecule has 0 aromatic rings. The number of carbonyl (C=O) groups is 5. The lowest BCUT2D eigenvalue weighted by Gasteiger charge is -2.45.